The number of nitrogens with zero attached hydrogens (tertiary/aromatic N) is 3. The highest BCUT2D eigenvalue weighted by molar-refractivity contribution is 14.1. The minimum absolute atomic E-state index is 0.0133. The van der Waals surface area contributed by atoms with E-state index in [0.717, 1.165) is 36.5 Å². The molecule has 10 heteroatoms. The number of fused-ring (bicyclic) bond motifs is 1. The molecule has 0 bridgehead atoms. The number of aromatic nitrogens is 3. The molecule has 2 aromatic heterocycles. The summed E-state index contributed by atoms with van der Waals surface area (Å²) < 4.78 is 1.88. The first-order chi connectivity index (χ1) is 17.9. The summed E-state index contributed by atoms with van der Waals surface area (Å²) in [5.74, 6) is 0.614. The van der Waals surface area contributed by atoms with E-state index in [9.17, 15) is 15.3 Å². The summed E-state index contributed by atoms with van der Waals surface area (Å²) in [6, 6.07) is 15.9. The van der Waals surface area contributed by atoms with Gasteiger partial charge in [0.15, 0.2) is 0 Å². The van der Waals surface area contributed by atoms with E-state index in [1.807, 2.05) is 31.2 Å². The number of nitrogens with one attached hydrogen (secondary N) is 2. The lowest BCUT2D eigenvalue weighted by Crippen LogP contribution is -2.35. The lowest BCUT2D eigenvalue weighted by molar-refractivity contribution is 0.00446. The van der Waals surface area contributed by atoms with E-state index >= 15 is 0 Å². The molecule has 0 radical (unpaired) electrons. The van der Waals surface area contributed by atoms with E-state index in [1.54, 1.807) is 11.3 Å². The van der Waals surface area contributed by atoms with Gasteiger partial charge in [-0.2, -0.15) is 4.98 Å². The predicted molar refractivity (Wildman–Crippen MR) is 156 cm³/mol. The van der Waals surface area contributed by atoms with E-state index < -0.39 is 24.2 Å². The molecule has 0 saturated heterocycles. The fraction of sp³-hybridized carbons (Fsp3) is 0.370. The number of aryl methyl sites for hydroxylation is 2. The van der Waals surface area contributed by atoms with Crippen LogP contribution in [-0.2, 0) is 0 Å². The van der Waals surface area contributed by atoms with Crippen molar-refractivity contribution in [2.45, 2.75) is 44.6 Å². The number of halogens is 1. The maximum absolute atomic E-state index is 10.7. The molecular weight excluding hydrogens is 601 g/mol. The van der Waals surface area contributed by atoms with Crippen LogP contribution >= 0.6 is 33.9 Å². The van der Waals surface area contributed by atoms with Crippen LogP contribution < -0.4 is 10.6 Å². The Morgan fingerprint density at radius 2 is 1.78 bits per heavy atom. The third kappa shape index (κ3) is 5.44. The van der Waals surface area contributed by atoms with Crippen LogP contribution in [0.1, 0.15) is 29.3 Å². The van der Waals surface area contributed by atoms with E-state index in [2.05, 4.69) is 64.4 Å². The van der Waals surface area contributed by atoms with Crippen LogP contribution in [0.5, 0.6) is 0 Å². The molecule has 1 aliphatic rings. The summed E-state index contributed by atoms with van der Waals surface area (Å²) in [4.78, 5) is 14.5. The van der Waals surface area contributed by atoms with Crippen LogP contribution in [0.3, 0.4) is 0 Å². The monoisotopic (exact) mass is 631 g/mol. The number of aliphatic hydroxyl groups excluding tert-OH is 3. The molecule has 2 aromatic carbocycles. The molecule has 194 valence electrons. The Labute approximate surface area is 233 Å². The summed E-state index contributed by atoms with van der Waals surface area (Å²) in [6.07, 6.45) is -1.61. The number of benzene rings is 2. The zero-order chi connectivity index (χ0) is 26.1. The minimum Gasteiger partial charge on any atom is -0.396 e. The predicted octanol–water partition coefficient (Wildman–Crippen LogP) is 4.47. The van der Waals surface area contributed by atoms with Crippen molar-refractivity contribution in [1.82, 2.24) is 15.0 Å². The summed E-state index contributed by atoms with van der Waals surface area (Å²) in [5.41, 5.74) is 4.76. The maximum atomic E-state index is 10.7. The molecule has 1 saturated carbocycles. The third-order valence-electron chi connectivity index (χ3n) is 6.89. The largest absolute Gasteiger partial charge is 0.396 e. The van der Waals surface area contributed by atoms with Crippen molar-refractivity contribution in [2.24, 2.45) is 5.92 Å². The fourth-order valence-electron chi connectivity index (χ4n) is 4.77. The molecule has 0 amide bonds. The second-order valence-electron chi connectivity index (χ2n) is 9.52. The smallest absolute Gasteiger partial charge is 0.225 e. The Morgan fingerprint density at radius 1 is 1.03 bits per heavy atom. The number of thiazole rings is 1. The molecular formula is C27H30IN5O3S. The Bertz CT molecular complexity index is 1350. The molecule has 37 heavy (non-hydrogen) atoms. The van der Waals surface area contributed by atoms with Gasteiger partial charge in [0, 0.05) is 17.0 Å². The number of hydrogen-bond donors (Lipinski definition) is 5. The second-order valence-corrected chi connectivity index (χ2v) is 11.4. The lowest BCUT2D eigenvalue weighted by atomic mass is 10.1. The summed E-state index contributed by atoms with van der Waals surface area (Å²) >= 11 is 3.92. The second kappa shape index (κ2) is 11.2. The van der Waals surface area contributed by atoms with Crippen molar-refractivity contribution in [2.75, 3.05) is 21.7 Å². The number of aliphatic hydroxyl groups is 3. The van der Waals surface area contributed by atoms with E-state index in [-0.39, 0.29) is 12.6 Å². The van der Waals surface area contributed by atoms with Crippen LogP contribution in [0.2, 0.25) is 0 Å². The van der Waals surface area contributed by atoms with Gasteiger partial charge in [0.2, 0.25) is 5.95 Å². The van der Waals surface area contributed by atoms with Crippen molar-refractivity contribution >= 4 is 55.9 Å². The van der Waals surface area contributed by atoms with E-state index in [0.29, 0.717) is 18.2 Å². The van der Waals surface area contributed by atoms with Crippen molar-refractivity contribution in [3.63, 3.8) is 0 Å². The van der Waals surface area contributed by atoms with Gasteiger partial charge in [-0.25, -0.2) is 9.97 Å². The zero-order valence-corrected chi connectivity index (χ0v) is 23.6. The highest BCUT2D eigenvalue weighted by Gasteiger charge is 2.41. The topological polar surface area (TPSA) is 123 Å². The van der Waals surface area contributed by atoms with Crippen molar-refractivity contribution in [3.05, 3.63) is 65.4 Å². The number of rotatable bonds is 8. The molecule has 1 unspecified atom stereocenters. The van der Waals surface area contributed by atoms with Gasteiger partial charge < -0.3 is 26.0 Å². The number of para-hydroxylation sites is 1. The highest BCUT2D eigenvalue weighted by atomic mass is 127. The molecule has 0 aliphatic heterocycles. The van der Waals surface area contributed by atoms with Gasteiger partial charge in [0.25, 0.3) is 0 Å². The standard InChI is InChI=1S/C27H30IN5O3S/c1-14-7-9-16(10-8-14)20(12-28)32-27-29-15(2)22(26-31-18-5-3-4-6-21(18)37-26)25(33-27)30-19-11-17(13-34)23(35)24(19)36/h3-10,17,19-20,23-24,34-36H,11-13H2,1-2H3,(H2,29,30,32,33)/t17-,19-,20?,23-,24+/m1/s1. The lowest BCUT2D eigenvalue weighted by Gasteiger charge is -2.22. The molecule has 1 aliphatic carbocycles. The number of anilines is 2. The van der Waals surface area contributed by atoms with Crippen LogP contribution in [0.15, 0.2) is 48.5 Å². The van der Waals surface area contributed by atoms with Crippen molar-refractivity contribution in [3.8, 4) is 10.6 Å². The molecule has 1 fully saturated rings. The van der Waals surface area contributed by atoms with Gasteiger partial charge >= 0.3 is 0 Å². The van der Waals surface area contributed by atoms with Gasteiger partial charge in [0.05, 0.1) is 39.7 Å². The fourth-order valence-corrected chi connectivity index (χ4v) is 6.56. The van der Waals surface area contributed by atoms with E-state index in [4.69, 9.17) is 15.0 Å². The molecule has 5 N–H and O–H groups in total. The molecule has 0 spiro atoms. The van der Waals surface area contributed by atoms with Gasteiger partial charge in [-0.05, 0) is 38.0 Å². The van der Waals surface area contributed by atoms with Crippen molar-refractivity contribution < 1.29 is 15.3 Å². The summed E-state index contributed by atoms with van der Waals surface area (Å²) in [5, 5.41) is 38.4. The summed E-state index contributed by atoms with van der Waals surface area (Å²) in [6.45, 7) is 3.81. The minimum atomic E-state index is -1.03. The van der Waals surface area contributed by atoms with Crippen LogP contribution in [0.4, 0.5) is 11.8 Å². The number of hydrogen-bond acceptors (Lipinski definition) is 9. The average molecular weight is 632 g/mol. The maximum Gasteiger partial charge on any atom is 0.225 e. The first kappa shape index (κ1) is 26.2. The summed E-state index contributed by atoms with van der Waals surface area (Å²) in [7, 11) is 0. The Kier molecular flexibility index (Phi) is 7.91. The van der Waals surface area contributed by atoms with Crippen LogP contribution in [0.25, 0.3) is 20.8 Å². The van der Waals surface area contributed by atoms with Crippen LogP contribution in [-0.4, -0.2) is 59.6 Å². The molecule has 2 heterocycles. The number of alkyl halides is 1. The van der Waals surface area contributed by atoms with Gasteiger partial charge in [0.1, 0.15) is 16.9 Å². The highest BCUT2D eigenvalue weighted by Crippen LogP contribution is 2.38. The molecule has 5 atom stereocenters. The van der Waals surface area contributed by atoms with Crippen LogP contribution in [0, 0.1) is 19.8 Å². The molecule has 4 aromatic rings. The average Bonchev–Trinajstić information content (AvgIpc) is 3.43. The van der Waals surface area contributed by atoms with E-state index in [1.165, 1.54) is 5.56 Å². The Balaban J connectivity index is 1.54. The molecule has 5 rings (SSSR count). The first-order valence-corrected chi connectivity index (χ1v) is 14.6. The van der Waals surface area contributed by atoms with Gasteiger partial charge in [-0.3, -0.25) is 0 Å². The normalized spacial score (nSPS) is 22.3. The Hall–Kier alpha value is -2.38. The van der Waals surface area contributed by atoms with Gasteiger partial charge in [-0.15, -0.1) is 11.3 Å². The molecule has 8 nitrogen and oxygen atoms in total. The first-order valence-electron chi connectivity index (χ1n) is 12.2. The zero-order valence-electron chi connectivity index (χ0n) is 20.6. The quantitative estimate of drug-likeness (QED) is 0.143. The van der Waals surface area contributed by atoms with Gasteiger partial charge in [-0.1, -0.05) is 64.6 Å². The third-order valence-corrected chi connectivity index (χ3v) is 8.83. The van der Waals surface area contributed by atoms with Crippen molar-refractivity contribution in [1.29, 1.82) is 0 Å². The Morgan fingerprint density at radius 3 is 2.46 bits per heavy atom. The SMILES string of the molecule is Cc1ccc(C(CI)Nc2nc(C)c(-c3nc4ccccc4s3)c(N[C@@H]3C[C@H](CO)[C@@H](O)[C@H]3O)n2)cc1.